The van der Waals surface area contributed by atoms with Crippen LogP contribution in [0, 0.1) is 0 Å². The number of quaternary nitrogens is 1. The van der Waals surface area contributed by atoms with Crippen LogP contribution in [0.3, 0.4) is 0 Å². The molecule has 0 saturated carbocycles. The molecule has 0 spiro atoms. The summed E-state index contributed by atoms with van der Waals surface area (Å²) in [5, 5.41) is 0. The topological polar surface area (TPSA) is 111 Å². The van der Waals surface area contributed by atoms with E-state index in [-0.39, 0.29) is 26.1 Å². The van der Waals surface area contributed by atoms with Gasteiger partial charge in [0.1, 0.15) is 19.8 Å². The molecule has 0 aromatic heterocycles. The average molecular weight is 676 g/mol. The Morgan fingerprint density at radius 3 is 1.63 bits per heavy atom. The Hall–Kier alpha value is -1.25. The van der Waals surface area contributed by atoms with E-state index in [0.29, 0.717) is 23.9 Å². The maximum Gasteiger partial charge on any atom is 0.306 e. The molecule has 0 heterocycles. The number of nitrogens with zero attached hydrogens (tertiary/aromatic N) is 1. The maximum absolute atomic E-state index is 12.5. The zero-order chi connectivity index (χ0) is 34.4. The number of likely N-dealkylation sites (N-methyl/N-ethyl adjacent to an activating group) is 1. The molecule has 0 rings (SSSR count). The molecule has 0 radical (unpaired) electrons. The first-order valence-corrected chi connectivity index (χ1v) is 19.9. The number of hydrogen-bond donors (Lipinski definition) is 0. The third kappa shape index (κ3) is 32.7. The van der Waals surface area contributed by atoms with E-state index < -0.39 is 32.5 Å². The van der Waals surface area contributed by atoms with Crippen LogP contribution in [0.4, 0.5) is 0 Å². The monoisotopic (exact) mass is 675 g/mol. The van der Waals surface area contributed by atoms with Gasteiger partial charge >= 0.3 is 11.9 Å². The van der Waals surface area contributed by atoms with Gasteiger partial charge in [-0.25, -0.2) is 0 Å². The minimum Gasteiger partial charge on any atom is -0.756 e. The lowest BCUT2D eigenvalue weighted by Crippen LogP contribution is -2.37. The Balaban J connectivity index is 4.46. The lowest BCUT2D eigenvalue weighted by atomic mass is 10.1. The van der Waals surface area contributed by atoms with Crippen molar-refractivity contribution in [2.24, 2.45) is 0 Å². The molecule has 2 atom stereocenters. The summed E-state index contributed by atoms with van der Waals surface area (Å²) >= 11 is 0. The third-order valence-electron chi connectivity index (χ3n) is 7.79. The molecule has 46 heavy (non-hydrogen) atoms. The van der Waals surface area contributed by atoms with Crippen molar-refractivity contribution in [2.45, 2.75) is 161 Å². The number of hydrogen-bond acceptors (Lipinski definition) is 8. The Labute approximate surface area is 282 Å². The Bertz CT molecular complexity index is 814. The van der Waals surface area contributed by atoms with Gasteiger partial charge in [-0.05, 0) is 38.5 Å². The zero-order valence-electron chi connectivity index (χ0n) is 30.3. The molecule has 0 aliphatic carbocycles. The normalized spacial score (nSPS) is 14.0. The minimum atomic E-state index is -4.61. The van der Waals surface area contributed by atoms with E-state index in [2.05, 4.69) is 26.0 Å². The number of esters is 2. The summed E-state index contributed by atoms with van der Waals surface area (Å²) in [7, 11) is 1.16. The fraction of sp³-hybridized carbons (Fsp3) is 0.889. The Kier molecular flexibility index (Phi) is 29.0. The SMILES string of the molecule is CCCCCCCC/C=C/CCCCCC(=O)OC[C@H](COP(=O)([O-])OCC[N+](C)(C)C)OC(=O)CCCCCCCCCCC. The summed E-state index contributed by atoms with van der Waals surface area (Å²) in [5.74, 6) is -0.855. The van der Waals surface area contributed by atoms with Crippen LogP contribution >= 0.6 is 7.82 Å². The average Bonchev–Trinajstić information content (AvgIpc) is 2.99. The van der Waals surface area contributed by atoms with Gasteiger partial charge in [0.2, 0.25) is 0 Å². The number of phosphoric ester groups is 1. The lowest BCUT2D eigenvalue weighted by Gasteiger charge is -2.28. The van der Waals surface area contributed by atoms with Crippen LogP contribution < -0.4 is 4.89 Å². The molecule has 0 aliphatic heterocycles. The molecular weight excluding hydrogens is 605 g/mol. The van der Waals surface area contributed by atoms with E-state index in [0.717, 1.165) is 44.9 Å². The molecule has 0 aliphatic rings. The van der Waals surface area contributed by atoms with Gasteiger partial charge in [-0.2, -0.15) is 0 Å². The molecule has 0 bridgehead atoms. The predicted molar refractivity (Wildman–Crippen MR) is 185 cm³/mol. The molecule has 0 aromatic rings. The van der Waals surface area contributed by atoms with E-state index in [4.69, 9.17) is 18.5 Å². The van der Waals surface area contributed by atoms with E-state index >= 15 is 0 Å². The molecule has 0 amide bonds. The highest BCUT2D eigenvalue weighted by Crippen LogP contribution is 2.38. The van der Waals surface area contributed by atoms with Crippen molar-refractivity contribution in [3.8, 4) is 0 Å². The Morgan fingerprint density at radius 2 is 1.11 bits per heavy atom. The molecule has 0 N–H and O–H groups in total. The fourth-order valence-electron chi connectivity index (χ4n) is 4.82. The van der Waals surface area contributed by atoms with Gasteiger partial charge in [-0.15, -0.1) is 0 Å². The van der Waals surface area contributed by atoms with Crippen LogP contribution in [0.5, 0.6) is 0 Å². The molecule has 0 aromatic carbocycles. The first-order chi connectivity index (χ1) is 22.0. The summed E-state index contributed by atoms with van der Waals surface area (Å²) in [6.45, 7) is 4.16. The summed E-state index contributed by atoms with van der Waals surface area (Å²) in [5.41, 5.74) is 0. The van der Waals surface area contributed by atoms with E-state index in [1.165, 1.54) is 70.6 Å². The van der Waals surface area contributed by atoms with Gasteiger partial charge in [-0.1, -0.05) is 116 Å². The summed E-state index contributed by atoms with van der Waals surface area (Å²) in [6.07, 6.45) is 26.7. The summed E-state index contributed by atoms with van der Waals surface area (Å²) in [6, 6.07) is 0. The van der Waals surface area contributed by atoms with Gasteiger partial charge in [0.25, 0.3) is 7.82 Å². The van der Waals surface area contributed by atoms with E-state index in [1.807, 2.05) is 21.1 Å². The number of carbonyl (C=O) groups is 2. The van der Waals surface area contributed by atoms with Crippen LogP contribution in [0.15, 0.2) is 12.2 Å². The van der Waals surface area contributed by atoms with Crippen LogP contribution in [0.25, 0.3) is 0 Å². The van der Waals surface area contributed by atoms with Gasteiger partial charge in [0.05, 0.1) is 27.7 Å². The highest BCUT2D eigenvalue weighted by atomic mass is 31.2. The third-order valence-corrected chi connectivity index (χ3v) is 8.75. The van der Waals surface area contributed by atoms with Crippen molar-refractivity contribution in [3.63, 3.8) is 0 Å². The number of rotatable bonds is 33. The van der Waals surface area contributed by atoms with E-state index in [9.17, 15) is 19.0 Å². The first-order valence-electron chi connectivity index (χ1n) is 18.4. The molecule has 0 fully saturated rings. The number of ether oxygens (including phenoxy) is 2. The maximum atomic E-state index is 12.5. The summed E-state index contributed by atoms with van der Waals surface area (Å²) < 4.78 is 33.6. The van der Waals surface area contributed by atoms with E-state index in [1.54, 1.807) is 0 Å². The van der Waals surface area contributed by atoms with Crippen molar-refractivity contribution >= 4 is 19.8 Å². The second-order valence-corrected chi connectivity index (χ2v) is 15.0. The van der Waals surface area contributed by atoms with Crippen molar-refractivity contribution in [1.82, 2.24) is 0 Å². The standard InChI is InChI=1S/C36H70NO8P/c1-6-8-10-12-14-16-17-18-19-21-22-24-26-28-35(38)42-32-34(33-44-46(40,41)43-31-30-37(3,4)5)45-36(39)29-27-25-23-20-15-13-11-9-7-2/h18-19,34H,6-17,20-33H2,1-5H3/b19-18+/t34-/m1/s1. The molecular formula is C36H70NO8P. The van der Waals surface area contributed by atoms with Crippen LogP contribution in [0.1, 0.15) is 155 Å². The van der Waals surface area contributed by atoms with Gasteiger partial charge in [0.15, 0.2) is 6.10 Å². The van der Waals surface area contributed by atoms with Crippen molar-refractivity contribution in [1.29, 1.82) is 0 Å². The van der Waals surface area contributed by atoms with Crippen molar-refractivity contribution in [3.05, 3.63) is 12.2 Å². The molecule has 10 heteroatoms. The summed E-state index contributed by atoms with van der Waals surface area (Å²) in [4.78, 5) is 37.2. The quantitative estimate of drug-likeness (QED) is 0.0223. The second-order valence-electron chi connectivity index (χ2n) is 13.6. The van der Waals surface area contributed by atoms with Gasteiger partial charge < -0.3 is 27.9 Å². The van der Waals surface area contributed by atoms with Gasteiger partial charge in [0, 0.05) is 12.8 Å². The second kappa shape index (κ2) is 29.9. The number of allylic oxidation sites excluding steroid dienone is 2. The number of phosphoric acid groups is 1. The van der Waals surface area contributed by atoms with Crippen LogP contribution in [0.2, 0.25) is 0 Å². The van der Waals surface area contributed by atoms with Crippen molar-refractivity contribution < 1.29 is 42.1 Å². The predicted octanol–water partition coefficient (Wildman–Crippen LogP) is 8.83. The zero-order valence-corrected chi connectivity index (χ0v) is 31.2. The fourth-order valence-corrected chi connectivity index (χ4v) is 5.55. The first kappa shape index (κ1) is 44.8. The smallest absolute Gasteiger partial charge is 0.306 e. The molecule has 1 unspecified atom stereocenters. The van der Waals surface area contributed by atoms with Crippen LogP contribution in [-0.4, -0.2) is 70.0 Å². The number of unbranched alkanes of at least 4 members (excludes halogenated alkanes) is 17. The minimum absolute atomic E-state index is 0.0305. The molecule has 272 valence electrons. The van der Waals surface area contributed by atoms with Crippen molar-refractivity contribution in [2.75, 3.05) is 47.5 Å². The lowest BCUT2D eigenvalue weighted by molar-refractivity contribution is -0.870. The van der Waals surface area contributed by atoms with Gasteiger partial charge in [-0.3, -0.25) is 14.2 Å². The highest BCUT2D eigenvalue weighted by Gasteiger charge is 2.21. The number of carbonyl (C=O) groups excluding carboxylic acids is 2. The Morgan fingerprint density at radius 1 is 0.652 bits per heavy atom. The molecule has 0 saturated heterocycles. The largest absolute Gasteiger partial charge is 0.756 e. The molecule has 9 nitrogen and oxygen atoms in total. The van der Waals surface area contributed by atoms with Crippen LogP contribution in [-0.2, 0) is 32.7 Å². The highest BCUT2D eigenvalue weighted by molar-refractivity contribution is 7.45.